The molecule has 1 aliphatic rings. The van der Waals surface area contributed by atoms with E-state index in [1.54, 1.807) is 12.1 Å². The second kappa shape index (κ2) is 6.95. The van der Waals surface area contributed by atoms with Gasteiger partial charge in [-0.05, 0) is 25.0 Å². The Bertz CT molecular complexity index is 986. The lowest BCUT2D eigenvalue weighted by molar-refractivity contribution is 0.477. The second-order valence-corrected chi connectivity index (χ2v) is 7.42. The molecule has 0 amide bonds. The van der Waals surface area contributed by atoms with Gasteiger partial charge in [-0.2, -0.15) is 0 Å². The number of aryl methyl sites for hydroxylation is 1. The third kappa shape index (κ3) is 3.60. The highest BCUT2D eigenvalue weighted by Crippen LogP contribution is 2.30. The predicted octanol–water partition coefficient (Wildman–Crippen LogP) is 3.67. The van der Waals surface area contributed by atoms with Crippen molar-refractivity contribution in [2.75, 3.05) is 4.90 Å². The maximum atomic E-state index is 10.1. The molecule has 2 aromatic heterocycles. The van der Waals surface area contributed by atoms with Gasteiger partial charge in [0.2, 0.25) is 0 Å². The van der Waals surface area contributed by atoms with Crippen LogP contribution >= 0.6 is 0 Å². The molecule has 1 aliphatic heterocycles. The van der Waals surface area contributed by atoms with Crippen molar-refractivity contribution in [1.82, 2.24) is 19.9 Å². The number of fused-ring (bicyclic) bond motifs is 1. The minimum atomic E-state index is 0.183. The highest BCUT2D eigenvalue weighted by Gasteiger charge is 2.23. The van der Waals surface area contributed by atoms with E-state index in [4.69, 9.17) is 9.97 Å². The highest BCUT2D eigenvalue weighted by molar-refractivity contribution is 5.65. The Kier molecular flexibility index (Phi) is 4.48. The van der Waals surface area contributed by atoms with Crippen LogP contribution in [0, 0.1) is 12.8 Å². The van der Waals surface area contributed by atoms with Crippen molar-refractivity contribution in [2.24, 2.45) is 5.92 Å². The van der Waals surface area contributed by atoms with Crippen LogP contribution in [0.25, 0.3) is 11.4 Å². The zero-order valence-electron chi connectivity index (χ0n) is 15.8. The number of nitrogens with zero attached hydrogens (tertiary/aromatic N) is 5. The lowest BCUT2D eigenvalue weighted by atomic mass is 10.1. The van der Waals surface area contributed by atoms with Gasteiger partial charge < -0.3 is 10.0 Å². The molecule has 0 aliphatic carbocycles. The molecular formula is C21H23N5O. The van der Waals surface area contributed by atoms with Crippen molar-refractivity contribution in [2.45, 2.75) is 40.3 Å². The van der Waals surface area contributed by atoms with Crippen molar-refractivity contribution >= 4 is 5.82 Å². The molecule has 1 N–H and O–H groups in total. The molecule has 6 nitrogen and oxygen atoms in total. The predicted molar refractivity (Wildman–Crippen MR) is 104 cm³/mol. The summed E-state index contributed by atoms with van der Waals surface area (Å²) in [6, 6.07) is 9.12. The molecule has 4 rings (SSSR count). The first-order valence-corrected chi connectivity index (χ1v) is 9.22. The molecule has 0 saturated heterocycles. The van der Waals surface area contributed by atoms with Gasteiger partial charge in [0.15, 0.2) is 5.82 Å². The fourth-order valence-electron chi connectivity index (χ4n) is 3.32. The van der Waals surface area contributed by atoms with Crippen LogP contribution in [0.1, 0.15) is 36.6 Å². The first-order chi connectivity index (χ1) is 13.0. The zero-order valence-corrected chi connectivity index (χ0v) is 15.8. The summed E-state index contributed by atoms with van der Waals surface area (Å²) in [6.07, 6.45) is 2.83. The summed E-state index contributed by atoms with van der Waals surface area (Å²) in [5.41, 5.74) is 3.71. The Morgan fingerprint density at radius 1 is 1.11 bits per heavy atom. The summed E-state index contributed by atoms with van der Waals surface area (Å²) in [6.45, 7) is 7.73. The molecule has 0 bridgehead atoms. The van der Waals surface area contributed by atoms with Gasteiger partial charge in [0.1, 0.15) is 17.4 Å². The Hall–Kier alpha value is -3.02. The van der Waals surface area contributed by atoms with Crippen LogP contribution in [-0.2, 0) is 19.5 Å². The number of hydrogen-bond donors (Lipinski definition) is 1. The van der Waals surface area contributed by atoms with E-state index in [1.807, 2.05) is 31.3 Å². The van der Waals surface area contributed by atoms with Gasteiger partial charge in [0.05, 0.1) is 17.8 Å². The number of benzene rings is 1. The Balaban J connectivity index is 1.64. The fourth-order valence-corrected chi connectivity index (χ4v) is 3.32. The summed E-state index contributed by atoms with van der Waals surface area (Å²) >= 11 is 0. The van der Waals surface area contributed by atoms with Crippen LogP contribution in [0.3, 0.4) is 0 Å². The van der Waals surface area contributed by atoms with Crippen molar-refractivity contribution in [3.05, 3.63) is 59.3 Å². The van der Waals surface area contributed by atoms with Crippen LogP contribution < -0.4 is 4.90 Å². The fraction of sp³-hybridized carbons (Fsp3) is 0.333. The Morgan fingerprint density at radius 2 is 1.93 bits per heavy atom. The van der Waals surface area contributed by atoms with E-state index in [9.17, 15) is 5.11 Å². The van der Waals surface area contributed by atoms with E-state index >= 15 is 0 Å². The van der Waals surface area contributed by atoms with Gasteiger partial charge in [-0.15, -0.1) is 0 Å². The topological polar surface area (TPSA) is 75.0 Å². The van der Waals surface area contributed by atoms with Crippen molar-refractivity contribution in [3.63, 3.8) is 0 Å². The second-order valence-electron chi connectivity index (χ2n) is 7.42. The number of phenolic OH excluding ortho intramolecular Hbond substituents is 1. The van der Waals surface area contributed by atoms with Crippen LogP contribution in [0.2, 0.25) is 0 Å². The molecule has 3 heterocycles. The number of anilines is 1. The lowest BCUT2D eigenvalue weighted by Gasteiger charge is -2.17. The summed E-state index contributed by atoms with van der Waals surface area (Å²) in [5, 5.41) is 10.1. The smallest absolute Gasteiger partial charge is 0.165 e. The van der Waals surface area contributed by atoms with E-state index in [0.717, 1.165) is 41.6 Å². The molecule has 1 aromatic carbocycles. The molecule has 0 radical (unpaired) electrons. The van der Waals surface area contributed by atoms with Gasteiger partial charge >= 0.3 is 0 Å². The lowest BCUT2D eigenvalue weighted by Crippen LogP contribution is -2.17. The average Bonchev–Trinajstić information content (AvgIpc) is 3.04. The monoisotopic (exact) mass is 361 g/mol. The molecule has 0 saturated carbocycles. The third-order valence-electron chi connectivity index (χ3n) is 4.61. The number of aromatic hydroxyl groups is 1. The SMILES string of the molecule is Cc1cc(N2Cc3cnc(CC(C)C)nc3C2)nc(-c2ccccc2O)n1. The standard InChI is InChI=1S/C21H23N5O/c1-13(2)8-19-22-10-15-11-26(12-17(15)24-19)20-9-14(3)23-21(25-20)16-6-4-5-7-18(16)27/h4-7,9-10,13,27H,8,11-12H2,1-3H3. The van der Waals surface area contributed by atoms with Crippen molar-refractivity contribution in [3.8, 4) is 17.1 Å². The average molecular weight is 361 g/mol. The quantitative estimate of drug-likeness (QED) is 0.764. The van der Waals surface area contributed by atoms with Crippen LogP contribution in [0.5, 0.6) is 5.75 Å². The van der Waals surface area contributed by atoms with Gasteiger partial charge in [0, 0.05) is 36.5 Å². The minimum absolute atomic E-state index is 0.183. The maximum absolute atomic E-state index is 10.1. The van der Waals surface area contributed by atoms with Gasteiger partial charge in [-0.3, -0.25) is 0 Å². The molecule has 27 heavy (non-hydrogen) atoms. The molecule has 0 fully saturated rings. The van der Waals surface area contributed by atoms with Crippen LogP contribution in [-0.4, -0.2) is 25.0 Å². The molecule has 138 valence electrons. The summed E-state index contributed by atoms with van der Waals surface area (Å²) < 4.78 is 0. The first-order valence-electron chi connectivity index (χ1n) is 9.22. The zero-order chi connectivity index (χ0) is 19.0. The number of aromatic nitrogens is 4. The number of hydrogen-bond acceptors (Lipinski definition) is 6. The van der Waals surface area contributed by atoms with Gasteiger partial charge in [-0.1, -0.05) is 26.0 Å². The molecular weight excluding hydrogens is 338 g/mol. The molecule has 6 heteroatoms. The number of para-hydroxylation sites is 1. The van der Waals surface area contributed by atoms with Crippen LogP contribution in [0.15, 0.2) is 36.5 Å². The summed E-state index contributed by atoms with van der Waals surface area (Å²) in [7, 11) is 0. The van der Waals surface area contributed by atoms with Crippen molar-refractivity contribution < 1.29 is 5.11 Å². The van der Waals surface area contributed by atoms with E-state index in [-0.39, 0.29) is 5.75 Å². The van der Waals surface area contributed by atoms with E-state index < -0.39 is 0 Å². The molecule has 0 spiro atoms. The first kappa shape index (κ1) is 17.4. The molecule has 3 aromatic rings. The molecule has 0 atom stereocenters. The van der Waals surface area contributed by atoms with E-state index in [0.29, 0.717) is 23.9 Å². The maximum Gasteiger partial charge on any atom is 0.165 e. The van der Waals surface area contributed by atoms with Gasteiger partial charge in [-0.25, -0.2) is 19.9 Å². The highest BCUT2D eigenvalue weighted by atomic mass is 16.3. The Labute approximate surface area is 159 Å². The van der Waals surface area contributed by atoms with Gasteiger partial charge in [0.25, 0.3) is 0 Å². The Morgan fingerprint density at radius 3 is 2.70 bits per heavy atom. The van der Waals surface area contributed by atoms with E-state index in [1.165, 1.54) is 0 Å². The van der Waals surface area contributed by atoms with Crippen molar-refractivity contribution in [1.29, 1.82) is 0 Å². The molecule has 0 unspecified atom stereocenters. The van der Waals surface area contributed by atoms with Crippen LogP contribution in [0.4, 0.5) is 5.82 Å². The normalized spacial score (nSPS) is 13.3. The largest absolute Gasteiger partial charge is 0.507 e. The summed E-state index contributed by atoms with van der Waals surface area (Å²) in [5.74, 6) is 2.99. The minimum Gasteiger partial charge on any atom is -0.507 e. The number of rotatable bonds is 4. The third-order valence-corrected chi connectivity index (χ3v) is 4.61. The summed E-state index contributed by atoms with van der Waals surface area (Å²) in [4.78, 5) is 20.7. The van der Waals surface area contributed by atoms with E-state index in [2.05, 4.69) is 28.7 Å². The number of phenols is 1.